The summed E-state index contributed by atoms with van der Waals surface area (Å²) in [4.78, 5) is 6.33. The standard InChI is InChI=1S/C18H25N3/c1-14(2)20-12-17-5-6-18(11-15(17)3)21(4)13-16-7-9-19-10-8-16/h5-11,14,20H,12-13H2,1-4H3. The van der Waals surface area contributed by atoms with E-state index in [1.54, 1.807) is 0 Å². The maximum Gasteiger partial charge on any atom is 0.0427 e. The molecular weight excluding hydrogens is 258 g/mol. The van der Waals surface area contributed by atoms with Gasteiger partial charge in [0, 0.05) is 44.3 Å². The molecule has 0 spiro atoms. The lowest BCUT2D eigenvalue weighted by molar-refractivity contribution is 0.587. The van der Waals surface area contributed by atoms with Gasteiger partial charge in [-0.2, -0.15) is 0 Å². The van der Waals surface area contributed by atoms with Crippen molar-refractivity contribution in [2.24, 2.45) is 0 Å². The zero-order valence-corrected chi connectivity index (χ0v) is 13.4. The summed E-state index contributed by atoms with van der Waals surface area (Å²) in [5.74, 6) is 0. The first-order valence-corrected chi connectivity index (χ1v) is 7.49. The van der Waals surface area contributed by atoms with Crippen molar-refractivity contribution in [3.8, 4) is 0 Å². The third-order valence-electron chi connectivity index (χ3n) is 3.64. The quantitative estimate of drug-likeness (QED) is 0.879. The Kier molecular flexibility index (Phi) is 5.34. The van der Waals surface area contributed by atoms with Crippen LogP contribution in [0.25, 0.3) is 0 Å². The average molecular weight is 283 g/mol. The minimum Gasteiger partial charge on any atom is -0.370 e. The van der Waals surface area contributed by atoms with Crippen molar-refractivity contribution in [2.45, 2.75) is 39.9 Å². The van der Waals surface area contributed by atoms with Crippen LogP contribution in [0, 0.1) is 6.92 Å². The van der Waals surface area contributed by atoms with E-state index in [4.69, 9.17) is 0 Å². The lowest BCUT2D eigenvalue weighted by atomic mass is 10.1. The minimum atomic E-state index is 0.512. The number of hydrogen-bond donors (Lipinski definition) is 1. The fraction of sp³-hybridized carbons (Fsp3) is 0.389. The van der Waals surface area contributed by atoms with Gasteiger partial charge >= 0.3 is 0 Å². The van der Waals surface area contributed by atoms with Crippen LogP contribution in [0.3, 0.4) is 0 Å². The first kappa shape index (κ1) is 15.5. The second-order valence-electron chi connectivity index (χ2n) is 5.86. The number of pyridine rings is 1. The van der Waals surface area contributed by atoms with Gasteiger partial charge in [-0.15, -0.1) is 0 Å². The highest BCUT2D eigenvalue weighted by Gasteiger charge is 2.05. The summed E-state index contributed by atoms with van der Waals surface area (Å²) in [5.41, 5.74) is 5.22. The molecule has 0 aliphatic carbocycles. The molecule has 1 aromatic heterocycles. The molecule has 0 saturated carbocycles. The van der Waals surface area contributed by atoms with E-state index in [2.05, 4.69) is 73.4 Å². The van der Waals surface area contributed by atoms with Crippen LogP contribution in [-0.2, 0) is 13.1 Å². The molecule has 0 aliphatic rings. The number of rotatable bonds is 6. The smallest absolute Gasteiger partial charge is 0.0427 e. The summed E-state index contributed by atoms with van der Waals surface area (Å²) in [7, 11) is 2.13. The van der Waals surface area contributed by atoms with Gasteiger partial charge in [-0.25, -0.2) is 0 Å². The predicted octanol–water partition coefficient (Wildman–Crippen LogP) is 3.52. The van der Waals surface area contributed by atoms with Gasteiger partial charge in [0.2, 0.25) is 0 Å². The molecule has 0 fully saturated rings. The van der Waals surface area contributed by atoms with E-state index in [0.29, 0.717) is 6.04 Å². The van der Waals surface area contributed by atoms with Crippen molar-refractivity contribution in [1.29, 1.82) is 0 Å². The lowest BCUT2D eigenvalue weighted by Crippen LogP contribution is -2.22. The average Bonchev–Trinajstić information content (AvgIpc) is 2.46. The van der Waals surface area contributed by atoms with Crippen LogP contribution < -0.4 is 10.2 Å². The van der Waals surface area contributed by atoms with Crippen molar-refractivity contribution in [2.75, 3.05) is 11.9 Å². The lowest BCUT2D eigenvalue weighted by Gasteiger charge is -2.21. The number of nitrogens with zero attached hydrogens (tertiary/aromatic N) is 2. The van der Waals surface area contributed by atoms with Crippen LogP contribution in [0.4, 0.5) is 5.69 Å². The van der Waals surface area contributed by atoms with Crippen molar-refractivity contribution < 1.29 is 0 Å². The Labute approximate surface area is 128 Å². The topological polar surface area (TPSA) is 28.2 Å². The molecule has 0 unspecified atom stereocenters. The van der Waals surface area contributed by atoms with Crippen molar-refractivity contribution in [3.63, 3.8) is 0 Å². The highest BCUT2D eigenvalue weighted by molar-refractivity contribution is 5.50. The molecule has 0 amide bonds. The van der Waals surface area contributed by atoms with Gasteiger partial charge in [-0.1, -0.05) is 19.9 Å². The molecule has 0 atom stereocenters. The summed E-state index contributed by atoms with van der Waals surface area (Å²) in [6.07, 6.45) is 3.68. The Morgan fingerprint density at radius 1 is 1.14 bits per heavy atom. The fourth-order valence-corrected chi connectivity index (χ4v) is 2.28. The Hall–Kier alpha value is -1.87. The zero-order valence-electron chi connectivity index (χ0n) is 13.4. The van der Waals surface area contributed by atoms with E-state index in [1.807, 2.05) is 12.4 Å². The van der Waals surface area contributed by atoms with E-state index in [9.17, 15) is 0 Å². The third kappa shape index (κ3) is 4.57. The maximum absolute atomic E-state index is 4.06. The largest absolute Gasteiger partial charge is 0.370 e. The number of hydrogen-bond acceptors (Lipinski definition) is 3. The molecule has 21 heavy (non-hydrogen) atoms. The van der Waals surface area contributed by atoms with Gasteiger partial charge in [0.15, 0.2) is 0 Å². The molecular formula is C18H25N3. The normalized spacial score (nSPS) is 10.9. The molecule has 1 heterocycles. The van der Waals surface area contributed by atoms with Crippen molar-refractivity contribution in [3.05, 3.63) is 59.4 Å². The Balaban J connectivity index is 2.05. The molecule has 1 N–H and O–H groups in total. The van der Waals surface area contributed by atoms with Crippen LogP contribution in [0.5, 0.6) is 0 Å². The summed E-state index contributed by atoms with van der Waals surface area (Å²) < 4.78 is 0. The van der Waals surface area contributed by atoms with Crippen LogP contribution in [-0.4, -0.2) is 18.1 Å². The predicted molar refractivity (Wildman–Crippen MR) is 89.5 cm³/mol. The number of aromatic nitrogens is 1. The van der Waals surface area contributed by atoms with E-state index in [-0.39, 0.29) is 0 Å². The molecule has 2 rings (SSSR count). The molecule has 3 heteroatoms. The highest BCUT2D eigenvalue weighted by Crippen LogP contribution is 2.20. The van der Waals surface area contributed by atoms with E-state index < -0.39 is 0 Å². The molecule has 0 radical (unpaired) electrons. The monoisotopic (exact) mass is 283 g/mol. The van der Waals surface area contributed by atoms with Crippen LogP contribution >= 0.6 is 0 Å². The Morgan fingerprint density at radius 2 is 1.86 bits per heavy atom. The summed E-state index contributed by atoms with van der Waals surface area (Å²) >= 11 is 0. The number of aryl methyl sites for hydroxylation is 1. The maximum atomic E-state index is 4.06. The van der Waals surface area contributed by atoms with E-state index >= 15 is 0 Å². The number of nitrogens with one attached hydrogen (secondary N) is 1. The third-order valence-corrected chi connectivity index (χ3v) is 3.64. The second-order valence-corrected chi connectivity index (χ2v) is 5.86. The van der Waals surface area contributed by atoms with Gasteiger partial charge in [0.05, 0.1) is 0 Å². The van der Waals surface area contributed by atoms with Gasteiger partial charge < -0.3 is 10.2 Å². The molecule has 112 valence electrons. The van der Waals surface area contributed by atoms with Crippen molar-refractivity contribution >= 4 is 5.69 Å². The fourth-order valence-electron chi connectivity index (χ4n) is 2.28. The van der Waals surface area contributed by atoms with Gasteiger partial charge in [-0.05, 0) is 47.9 Å². The molecule has 0 saturated heterocycles. The minimum absolute atomic E-state index is 0.512. The van der Waals surface area contributed by atoms with E-state index in [1.165, 1.54) is 22.4 Å². The summed E-state index contributed by atoms with van der Waals surface area (Å²) in [5, 5.41) is 3.47. The molecule has 2 aromatic rings. The Bertz CT molecular complexity index is 564. The SMILES string of the molecule is Cc1cc(N(C)Cc2ccncc2)ccc1CNC(C)C. The number of benzene rings is 1. The highest BCUT2D eigenvalue weighted by atomic mass is 15.1. The van der Waals surface area contributed by atoms with E-state index in [0.717, 1.165) is 13.1 Å². The molecule has 0 aliphatic heterocycles. The van der Waals surface area contributed by atoms with Crippen molar-refractivity contribution in [1.82, 2.24) is 10.3 Å². The second kappa shape index (κ2) is 7.23. The summed E-state index contributed by atoms with van der Waals surface area (Å²) in [6.45, 7) is 8.35. The first-order chi connectivity index (χ1) is 10.1. The van der Waals surface area contributed by atoms with Crippen LogP contribution in [0.1, 0.15) is 30.5 Å². The first-order valence-electron chi connectivity index (χ1n) is 7.49. The van der Waals surface area contributed by atoms with Gasteiger partial charge in [-0.3, -0.25) is 4.98 Å². The van der Waals surface area contributed by atoms with Crippen LogP contribution in [0.2, 0.25) is 0 Å². The van der Waals surface area contributed by atoms with Gasteiger partial charge in [0.25, 0.3) is 0 Å². The summed E-state index contributed by atoms with van der Waals surface area (Å²) in [6, 6.07) is 11.3. The number of anilines is 1. The zero-order chi connectivity index (χ0) is 15.2. The van der Waals surface area contributed by atoms with Gasteiger partial charge in [0.1, 0.15) is 0 Å². The molecule has 0 bridgehead atoms. The Morgan fingerprint density at radius 3 is 2.48 bits per heavy atom. The molecule has 1 aromatic carbocycles. The van der Waals surface area contributed by atoms with Crippen LogP contribution in [0.15, 0.2) is 42.7 Å². The molecule has 3 nitrogen and oxygen atoms in total.